The molecule has 8 nitrogen and oxygen atoms in total. The van der Waals surface area contributed by atoms with Crippen molar-refractivity contribution in [2.45, 2.75) is 0 Å². The Bertz CT molecular complexity index is 1050. The molecule has 1 aromatic heterocycles. The Labute approximate surface area is 218 Å². The fourth-order valence-corrected chi connectivity index (χ4v) is 3.13. The third-order valence-electron chi connectivity index (χ3n) is 3.92. The van der Waals surface area contributed by atoms with E-state index in [1.54, 1.807) is 30.4 Å². The van der Waals surface area contributed by atoms with Crippen molar-refractivity contribution < 1.29 is 96.6 Å². The van der Waals surface area contributed by atoms with Crippen molar-refractivity contribution in [3.05, 3.63) is 47.7 Å². The molecular formula is C19H17Na2O8P. The van der Waals surface area contributed by atoms with Crippen molar-refractivity contribution in [2.75, 3.05) is 21.3 Å². The normalized spacial score (nSPS) is 11.0. The van der Waals surface area contributed by atoms with Crippen LogP contribution in [0.3, 0.4) is 0 Å². The quantitative estimate of drug-likeness (QED) is 0.211. The topological polar surface area (TPSA) is 113 Å². The van der Waals surface area contributed by atoms with Crippen molar-refractivity contribution in [2.24, 2.45) is 0 Å². The molecule has 0 amide bonds. The van der Waals surface area contributed by atoms with E-state index in [0.717, 1.165) is 5.56 Å². The number of methoxy groups -OCH3 is 3. The molecule has 148 valence electrons. The summed E-state index contributed by atoms with van der Waals surface area (Å²) in [7, 11) is -0.659. The standard InChI is InChI=1S/C19H19O8P.2Na/c1-23-17-10-13(11-18(24-2)19(17)25-3)5-4-12-8-15-14(6-7-26-15)16(9-12)27-28(20,21)22;;/h4-11H,1-3H3,(H2,20,21,22);;/q;2*+1/p-2/b5-4+;;. The number of benzene rings is 2. The largest absolute Gasteiger partial charge is 1.00 e. The molecule has 0 radical (unpaired) electrons. The van der Waals surface area contributed by atoms with E-state index in [1.807, 2.05) is 0 Å². The minimum atomic E-state index is -5.21. The van der Waals surface area contributed by atoms with Crippen LogP contribution >= 0.6 is 7.82 Å². The number of phosphoric ester groups is 1. The zero-order valence-corrected chi connectivity index (χ0v) is 22.2. The number of hydrogen-bond donors (Lipinski definition) is 0. The van der Waals surface area contributed by atoms with Gasteiger partial charge in [-0.3, -0.25) is 0 Å². The molecule has 0 atom stereocenters. The number of rotatable bonds is 7. The van der Waals surface area contributed by atoms with Crippen LogP contribution in [0.5, 0.6) is 23.0 Å². The first-order valence-electron chi connectivity index (χ1n) is 8.05. The van der Waals surface area contributed by atoms with E-state index in [2.05, 4.69) is 4.52 Å². The molecule has 0 fully saturated rings. The van der Waals surface area contributed by atoms with E-state index in [0.29, 0.717) is 33.8 Å². The van der Waals surface area contributed by atoms with Crippen LogP contribution in [0.4, 0.5) is 0 Å². The van der Waals surface area contributed by atoms with Crippen molar-refractivity contribution in [3.63, 3.8) is 0 Å². The maximum Gasteiger partial charge on any atom is 1.00 e. The molecule has 0 saturated carbocycles. The summed E-state index contributed by atoms with van der Waals surface area (Å²) in [4.78, 5) is 22.0. The van der Waals surface area contributed by atoms with Gasteiger partial charge in [0, 0.05) is 0 Å². The molecule has 3 aromatic rings. The minimum Gasteiger partial charge on any atom is -0.780 e. The third kappa shape index (κ3) is 6.53. The first-order chi connectivity index (χ1) is 13.3. The van der Waals surface area contributed by atoms with Gasteiger partial charge in [-0.05, 0) is 41.5 Å². The van der Waals surface area contributed by atoms with E-state index < -0.39 is 7.82 Å². The van der Waals surface area contributed by atoms with Gasteiger partial charge in [0.25, 0.3) is 0 Å². The van der Waals surface area contributed by atoms with E-state index in [1.165, 1.54) is 39.7 Å². The molecule has 0 N–H and O–H groups in total. The maximum atomic E-state index is 11.0. The third-order valence-corrected chi connectivity index (χ3v) is 4.34. The van der Waals surface area contributed by atoms with Crippen molar-refractivity contribution >= 4 is 30.9 Å². The molecule has 0 saturated heterocycles. The fraction of sp³-hybridized carbons (Fsp3) is 0.158. The number of ether oxygens (including phenoxy) is 3. The predicted molar refractivity (Wildman–Crippen MR) is 99.5 cm³/mol. The summed E-state index contributed by atoms with van der Waals surface area (Å²) >= 11 is 0. The van der Waals surface area contributed by atoms with Crippen LogP contribution in [-0.4, -0.2) is 21.3 Å². The zero-order valence-electron chi connectivity index (χ0n) is 17.3. The van der Waals surface area contributed by atoms with Gasteiger partial charge in [-0.15, -0.1) is 0 Å². The van der Waals surface area contributed by atoms with Crippen LogP contribution < -0.4 is 87.6 Å². The summed E-state index contributed by atoms with van der Waals surface area (Å²) in [5.74, 6) is 1.36. The van der Waals surface area contributed by atoms with E-state index in [4.69, 9.17) is 18.6 Å². The molecule has 0 aliphatic carbocycles. The van der Waals surface area contributed by atoms with E-state index in [9.17, 15) is 14.4 Å². The second kappa shape index (κ2) is 11.6. The smallest absolute Gasteiger partial charge is 0.780 e. The monoisotopic (exact) mass is 450 g/mol. The predicted octanol–water partition coefficient (Wildman–Crippen LogP) is -3.16. The Morgan fingerprint density at radius 3 is 1.90 bits per heavy atom. The maximum absolute atomic E-state index is 11.0. The van der Waals surface area contributed by atoms with E-state index >= 15 is 0 Å². The second-order valence-electron chi connectivity index (χ2n) is 5.68. The SMILES string of the molecule is COc1cc(/C=C/c2cc(OP(=O)([O-])[O-])c3ccoc3c2)cc(OC)c1OC.[Na+].[Na+]. The Balaban J connectivity index is 0.00000225. The van der Waals surface area contributed by atoms with Crippen LogP contribution in [0, 0.1) is 0 Å². The van der Waals surface area contributed by atoms with E-state index in [-0.39, 0.29) is 64.9 Å². The van der Waals surface area contributed by atoms with Gasteiger partial charge in [0.1, 0.15) is 19.2 Å². The van der Waals surface area contributed by atoms with Gasteiger partial charge in [0.15, 0.2) is 11.5 Å². The second-order valence-corrected chi connectivity index (χ2v) is 6.76. The van der Waals surface area contributed by atoms with Gasteiger partial charge in [0.05, 0.1) is 33.0 Å². The van der Waals surface area contributed by atoms with Gasteiger partial charge in [-0.1, -0.05) is 12.2 Å². The van der Waals surface area contributed by atoms with Crippen LogP contribution in [0.1, 0.15) is 11.1 Å². The number of furan rings is 1. The van der Waals surface area contributed by atoms with Crippen LogP contribution in [-0.2, 0) is 4.57 Å². The van der Waals surface area contributed by atoms with Crippen molar-refractivity contribution in [1.29, 1.82) is 0 Å². The molecular weight excluding hydrogens is 433 g/mol. The fourth-order valence-electron chi connectivity index (χ4n) is 2.74. The summed E-state index contributed by atoms with van der Waals surface area (Å²) in [6.07, 6.45) is 4.84. The van der Waals surface area contributed by atoms with Gasteiger partial charge in [0.2, 0.25) is 5.75 Å². The average molecular weight is 450 g/mol. The minimum absolute atomic E-state index is 0. The summed E-state index contributed by atoms with van der Waals surface area (Å²) in [5, 5.41) is 0.386. The van der Waals surface area contributed by atoms with Crippen LogP contribution in [0.2, 0.25) is 0 Å². The first kappa shape index (κ1) is 27.1. The molecule has 11 heteroatoms. The number of fused-ring (bicyclic) bond motifs is 1. The Morgan fingerprint density at radius 2 is 1.40 bits per heavy atom. The molecule has 0 aliphatic heterocycles. The van der Waals surface area contributed by atoms with Gasteiger partial charge in [-0.2, -0.15) is 0 Å². The zero-order chi connectivity index (χ0) is 20.3. The summed E-state index contributed by atoms with van der Waals surface area (Å²) in [6, 6.07) is 8.16. The summed E-state index contributed by atoms with van der Waals surface area (Å²) in [5.41, 5.74) is 1.70. The molecule has 30 heavy (non-hydrogen) atoms. The Kier molecular flexibility index (Phi) is 10.5. The molecule has 2 aromatic carbocycles. The average Bonchev–Trinajstić information content (AvgIpc) is 3.13. The molecule has 0 spiro atoms. The van der Waals surface area contributed by atoms with Gasteiger partial charge < -0.3 is 37.5 Å². The van der Waals surface area contributed by atoms with Crippen LogP contribution in [0.25, 0.3) is 23.1 Å². The molecule has 3 rings (SSSR count). The number of hydrogen-bond acceptors (Lipinski definition) is 8. The Morgan fingerprint density at radius 1 is 0.867 bits per heavy atom. The molecule has 0 unspecified atom stereocenters. The molecule has 0 aliphatic rings. The van der Waals surface area contributed by atoms with Crippen molar-refractivity contribution in [3.8, 4) is 23.0 Å². The summed E-state index contributed by atoms with van der Waals surface area (Å²) < 4.78 is 36.8. The Hall–Kier alpha value is -0.930. The van der Waals surface area contributed by atoms with Gasteiger partial charge >= 0.3 is 59.1 Å². The van der Waals surface area contributed by atoms with Crippen LogP contribution in [0.15, 0.2) is 41.0 Å². The number of phosphoric acid groups is 1. The molecule has 1 heterocycles. The van der Waals surface area contributed by atoms with Crippen molar-refractivity contribution in [1.82, 2.24) is 0 Å². The molecule has 0 bridgehead atoms. The first-order valence-corrected chi connectivity index (χ1v) is 9.51. The summed E-state index contributed by atoms with van der Waals surface area (Å²) in [6.45, 7) is 0. The van der Waals surface area contributed by atoms with Gasteiger partial charge in [-0.25, -0.2) is 0 Å².